The van der Waals surface area contributed by atoms with E-state index in [9.17, 15) is 24.0 Å². The van der Waals surface area contributed by atoms with Crippen LogP contribution in [0.15, 0.2) is 30.3 Å². The molecule has 0 aliphatic rings. The van der Waals surface area contributed by atoms with E-state index in [0.29, 0.717) is 0 Å². The molecule has 0 unspecified atom stereocenters. The summed E-state index contributed by atoms with van der Waals surface area (Å²) in [5, 5.41) is 4.61. The summed E-state index contributed by atoms with van der Waals surface area (Å²) in [6.07, 6.45) is -1.96. The third-order valence-electron chi connectivity index (χ3n) is 4.06. The van der Waals surface area contributed by atoms with Gasteiger partial charge in [-0.05, 0) is 26.3 Å². The highest BCUT2D eigenvalue weighted by Gasteiger charge is 2.31. The van der Waals surface area contributed by atoms with Crippen LogP contribution in [0.3, 0.4) is 0 Å². The molecule has 2 atom stereocenters. The van der Waals surface area contributed by atoms with Gasteiger partial charge in [0.2, 0.25) is 5.91 Å². The van der Waals surface area contributed by atoms with E-state index in [1.165, 1.54) is 0 Å². The number of ether oxygens (including phenoxy) is 4. The van der Waals surface area contributed by atoms with Crippen LogP contribution in [0.4, 0.5) is 4.79 Å². The van der Waals surface area contributed by atoms with Gasteiger partial charge in [0.15, 0.2) is 0 Å². The molecule has 182 valence electrons. The van der Waals surface area contributed by atoms with Gasteiger partial charge in [0.25, 0.3) is 0 Å². The van der Waals surface area contributed by atoms with Crippen molar-refractivity contribution < 1.29 is 42.9 Å². The Morgan fingerprint density at radius 1 is 0.727 bits per heavy atom. The molecule has 1 aromatic rings. The number of carbonyl (C=O) groups excluding carboxylic acids is 5. The van der Waals surface area contributed by atoms with Crippen molar-refractivity contribution in [1.29, 1.82) is 0 Å². The highest BCUT2D eigenvalue weighted by Crippen LogP contribution is 2.05. The molecule has 0 heterocycles. The first-order valence-electron chi connectivity index (χ1n) is 10.6. The van der Waals surface area contributed by atoms with E-state index in [0.717, 1.165) is 5.56 Å². The molecule has 0 aromatic heterocycles. The largest absolute Gasteiger partial charge is 0.466 e. The lowest BCUT2D eigenvalue weighted by molar-refractivity contribution is -0.153. The number of benzene rings is 1. The summed E-state index contributed by atoms with van der Waals surface area (Å²) in [6.45, 7) is 4.86. The number of carbonyl (C=O) groups is 5. The van der Waals surface area contributed by atoms with E-state index in [-0.39, 0.29) is 26.4 Å². The van der Waals surface area contributed by atoms with Crippen LogP contribution in [0.25, 0.3) is 0 Å². The summed E-state index contributed by atoms with van der Waals surface area (Å²) in [7, 11) is 0. The lowest BCUT2D eigenvalue weighted by Crippen LogP contribution is -2.53. The molecule has 0 aliphatic carbocycles. The van der Waals surface area contributed by atoms with Crippen LogP contribution >= 0.6 is 0 Å². The predicted octanol–water partition coefficient (Wildman–Crippen LogP) is 1.24. The molecular formula is C22H30N2O9. The molecule has 0 saturated heterocycles. The minimum absolute atomic E-state index is 0.0182. The first-order valence-corrected chi connectivity index (χ1v) is 10.6. The third kappa shape index (κ3) is 11.0. The van der Waals surface area contributed by atoms with Gasteiger partial charge in [0, 0.05) is 0 Å². The summed E-state index contributed by atoms with van der Waals surface area (Å²) in [6, 6.07) is 6.04. The molecule has 2 N–H and O–H groups in total. The van der Waals surface area contributed by atoms with Crippen LogP contribution in [-0.4, -0.2) is 61.8 Å². The Labute approximate surface area is 192 Å². The zero-order chi connectivity index (χ0) is 24.6. The lowest BCUT2D eigenvalue weighted by Gasteiger charge is -2.21. The molecule has 2 amide bonds. The van der Waals surface area contributed by atoms with Gasteiger partial charge in [0.1, 0.15) is 18.7 Å². The highest BCUT2D eigenvalue weighted by molar-refractivity contribution is 5.93. The predicted molar refractivity (Wildman–Crippen MR) is 115 cm³/mol. The molecule has 33 heavy (non-hydrogen) atoms. The molecule has 11 nitrogen and oxygen atoms in total. The van der Waals surface area contributed by atoms with Crippen LogP contribution in [0.5, 0.6) is 0 Å². The standard InChI is InChI=1S/C22H30N2O9/c1-4-30-18(25)12-16(24-22(29)33-14-15-10-8-7-9-11-15)20(27)23-17(21(28)32-6-3)13-19(26)31-5-2/h7-11,16-17H,4-6,12-14H2,1-3H3,(H,23,27)(H,24,29)/t16-,17-/m0/s1. The smallest absolute Gasteiger partial charge is 0.408 e. The second-order valence-electron chi connectivity index (χ2n) is 6.59. The van der Waals surface area contributed by atoms with Gasteiger partial charge in [-0.3, -0.25) is 14.4 Å². The molecule has 0 fully saturated rings. The van der Waals surface area contributed by atoms with E-state index < -0.39 is 54.8 Å². The van der Waals surface area contributed by atoms with Crippen molar-refractivity contribution in [2.75, 3.05) is 19.8 Å². The van der Waals surface area contributed by atoms with Crippen molar-refractivity contribution in [3.05, 3.63) is 35.9 Å². The fourth-order valence-electron chi connectivity index (χ4n) is 2.60. The number of nitrogens with one attached hydrogen (secondary N) is 2. The van der Waals surface area contributed by atoms with Gasteiger partial charge in [-0.2, -0.15) is 0 Å². The van der Waals surface area contributed by atoms with Crippen molar-refractivity contribution in [2.45, 2.75) is 52.3 Å². The van der Waals surface area contributed by atoms with Crippen molar-refractivity contribution in [3.8, 4) is 0 Å². The summed E-state index contributed by atoms with van der Waals surface area (Å²) >= 11 is 0. The third-order valence-corrected chi connectivity index (χ3v) is 4.06. The van der Waals surface area contributed by atoms with Crippen LogP contribution < -0.4 is 10.6 Å². The zero-order valence-corrected chi connectivity index (χ0v) is 19.0. The van der Waals surface area contributed by atoms with E-state index in [2.05, 4.69) is 10.6 Å². The molecule has 0 bridgehead atoms. The molecule has 0 spiro atoms. The maximum absolute atomic E-state index is 12.8. The van der Waals surface area contributed by atoms with Crippen molar-refractivity contribution >= 4 is 29.9 Å². The minimum Gasteiger partial charge on any atom is -0.466 e. The summed E-state index contributed by atoms with van der Waals surface area (Å²) in [5.41, 5.74) is 0.718. The number of hydrogen-bond donors (Lipinski definition) is 2. The molecule has 1 rings (SSSR count). The molecular weight excluding hydrogens is 436 g/mol. The quantitative estimate of drug-likeness (QED) is 0.324. The summed E-state index contributed by atoms with van der Waals surface area (Å²) in [4.78, 5) is 61.0. The van der Waals surface area contributed by atoms with E-state index in [4.69, 9.17) is 18.9 Å². The topological polar surface area (TPSA) is 146 Å². The molecule has 0 saturated carbocycles. The van der Waals surface area contributed by atoms with Gasteiger partial charge < -0.3 is 29.6 Å². The molecule has 1 aromatic carbocycles. The highest BCUT2D eigenvalue weighted by atomic mass is 16.6. The minimum atomic E-state index is -1.42. The van der Waals surface area contributed by atoms with Gasteiger partial charge in [-0.25, -0.2) is 9.59 Å². The first-order chi connectivity index (χ1) is 15.8. The Bertz CT molecular complexity index is 798. The second kappa shape index (κ2) is 15.2. The van der Waals surface area contributed by atoms with Crippen LogP contribution in [0, 0.1) is 0 Å². The normalized spacial score (nSPS) is 12.0. The SMILES string of the molecule is CCOC(=O)C[C@H](NC(=O)OCc1ccccc1)C(=O)N[C@@H](CC(=O)OCC)C(=O)OCC. The van der Waals surface area contributed by atoms with Gasteiger partial charge in [-0.15, -0.1) is 0 Å². The number of amides is 2. The van der Waals surface area contributed by atoms with Gasteiger partial charge >= 0.3 is 24.0 Å². The Kier molecular flexibility index (Phi) is 12.6. The van der Waals surface area contributed by atoms with Crippen molar-refractivity contribution in [1.82, 2.24) is 10.6 Å². The van der Waals surface area contributed by atoms with Crippen LogP contribution in [0.2, 0.25) is 0 Å². The second-order valence-corrected chi connectivity index (χ2v) is 6.59. The summed E-state index contributed by atoms with van der Waals surface area (Å²) in [5.74, 6) is -3.24. The van der Waals surface area contributed by atoms with E-state index in [1.54, 1.807) is 51.1 Å². The van der Waals surface area contributed by atoms with Crippen LogP contribution in [0.1, 0.15) is 39.2 Å². The molecule has 11 heteroatoms. The maximum atomic E-state index is 12.8. The fourth-order valence-corrected chi connectivity index (χ4v) is 2.60. The zero-order valence-electron chi connectivity index (χ0n) is 19.0. The Hall–Kier alpha value is -3.63. The maximum Gasteiger partial charge on any atom is 0.408 e. The fraction of sp³-hybridized carbons (Fsp3) is 0.500. The van der Waals surface area contributed by atoms with Crippen LogP contribution in [-0.2, 0) is 44.7 Å². The van der Waals surface area contributed by atoms with Gasteiger partial charge in [0.05, 0.1) is 32.7 Å². The lowest BCUT2D eigenvalue weighted by atomic mass is 10.1. The number of alkyl carbamates (subject to hydrolysis) is 1. The Balaban J connectivity index is 2.88. The Morgan fingerprint density at radius 2 is 1.27 bits per heavy atom. The van der Waals surface area contributed by atoms with Crippen molar-refractivity contribution in [2.24, 2.45) is 0 Å². The Morgan fingerprint density at radius 3 is 1.82 bits per heavy atom. The number of esters is 3. The monoisotopic (exact) mass is 466 g/mol. The van der Waals surface area contributed by atoms with E-state index >= 15 is 0 Å². The number of hydrogen-bond acceptors (Lipinski definition) is 9. The number of rotatable bonds is 13. The van der Waals surface area contributed by atoms with Crippen molar-refractivity contribution in [3.63, 3.8) is 0 Å². The molecule has 0 radical (unpaired) electrons. The van der Waals surface area contributed by atoms with E-state index in [1.807, 2.05) is 0 Å². The average molecular weight is 466 g/mol. The average Bonchev–Trinajstić information content (AvgIpc) is 2.78. The van der Waals surface area contributed by atoms with Gasteiger partial charge in [-0.1, -0.05) is 30.3 Å². The first kappa shape index (κ1) is 27.4. The molecule has 0 aliphatic heterocycles. The summed E-state index contributed by atoms with van der Waals surface area (Å²) < 4.78 is 19.6.